The molecule has 21 heavy (non-hydrogen) atoms. The van der Waals surface area contributed by atoms with Crippen LogP contribution in [0.5, 0.6) is 0 Å². The van der Waals surface area contributed by atoms with Gasteiger partial charge in [-0.15, -0.1) is 0 Å². The SMILES string of the molecule is CNc1cc(NCCc2ccccc2C)nc(COC)n1. The fourth-order valence-electron chi connectivity index (χ4n) is 2.13. The highest BCUT2D eigenvalue weighted by atomic mass is 16.5. The van der Waals surface area contributed by atoms with Crippen LogP contribution in [-0.4, -0.2) is 30.7 Å². The number of hydrogen-bond acceptors (Lipinski definition) is 5. The topological polar surface area (TPSA) is 59.1 Å². The van der Waals surface area contributed by atoms with E-state index in [4.69, 9.17) is 4.74 Å². The molecule has 2 aromatic rings. The number of nitrogens with one attached hydrogen (secondary N) is 2. The van der Waals surface area contributed by atoms with Gasteiger partial charge >= 0.3 is 0 Å². The molecule has 0 atom stereocenters. The molecule has 0 saturated carbocycles. The van der Waals surface area contributed by atoms with Crippen molar-refractivity contribution >= 4 is 11.6 Å². The first-order valence-corrected chi connectivity index (χ1v) is 7.06. The van der Waals surface area contributed by atoms with Crippen LogP contribution < -0.4 is 10.6 Å². The van der Waals surface area contributed by atoms with Crippen molar-refractivity contribution in [3.8, 4) is 0 Å². The molecule has 0 fully saturated rings. The second-order valence-electron chi connectivity index (χ2n) is 4.84. The number of benzene rings is 1. The van der Waals surface area contributed by atoms with Crippen LogP contribution in [0, 0.1) is 6.92 Å². The first kappa shape index (κ1) is 15.3. The lowest BCUT2D eigenvalue weighted by molar-refractivity contribution is 0.178. The van der Waals surface area contributed by atoms with E-state index in [1.807, 2.05) is 13.1 Å². The van der Waals surface area contributed by atoms with Gasteiger partial charge in [0.2, 0.25) is 0 Å². The standard InChI is InChI=1S/C16H22N4O/c1-12-6-4-5-7-13(12)8-9-18-15-10-14(17-2)19-16(20-15)11-21-3/h4-7,10H,8-9,11H2,1-3H3,(H2,17,18,19,20). The molecule has 112 valence electrons. The Hall–Kier alpha value is -2.14. The molecule has 5 heteroatoms. The Kier molecular flexibility index (Phi) is 5.51. The summed E-state index contributed by atoms with van der Waals surface area (Å²) < 4.78 is 5.09. The number of methoxy groups -OCH3 is 1. The minimum Gasteiger partial charge on any atom is -0.377 e. The van der Waals surface area contributed by atoms with Crippen LogP contribution >= 0.6 is 0 Å². The van der Waals surface area contributed by atoms with E-state index >= 15 is 0 Å². The number of nitrogens with zero attached hydrogens (tertiary/aromatic N) is 2. The monoisotopic (exact) mass is 286 g/mol. The first-order valence-electron chi connectivity index (χ1n) is 7.06. The van der Waals surface area contributed by atoms with Crippen LogP contribution in [0.15, 0.2) is 30.3 Å². The Morgan fingerprint density at radius 1 is 1.14 bits per heavy atom. The predicted molar refractivity (Wildman–Crippen MR) is 85.7 cm³/mol. The fourth-order valence-corrected chi connectivity index (χ4v) is 2.13. The lowest BCUT2D eigenvalue weighted by Gasteiger charge is -2.10. The van der Waals surface area contributed by atoms with Crippen LogP contribution in [0.2, 0.25) is 0 Å². The van der Waals surface area contributed by atoms with Crippen LogP contribution in [0.4, 0.5) is 11.6 Å². The van der Waals surface area contributed by atoms with E-state index in [-0.39, 0.29) is 0 Å². The van der Waals surface area contributed by atoms with Gasteiger partial charge in [-0.2, -0.15) is 0 Å². The Bertz CT molecular complexity index is 586. The quantitative estimate of drug-likeness (QED) is 0.819. The Labute approximate surface area is 125 Å². The van der Waals surface area contributed by atoms with Gasteiger partial charge in [-0.25, -0.2) is 9.97 Å². The van der Waals surface area contributed by atoms with Gasteiger partial charge in [0.05, 0.1) is 0 Å². The zero-order valence-electron chi connectivity index (χ0n) is 12.8. The maximum absolute atomic E-state index is 5.09. The van der Waals surface area contributed by atoms with Crippen molar-refractivity contribution in [3.63, 3.8) is 0 Å². The van der Waals surface area contributed by atoms with E-state index in [1.54, 1.807) is 7.11 Å². The van der Waals surface area contributed by atoms with Crippen molar-refractivity contribution < 1.29 is 4.74 Å². The third-order valence-electron chi connectivity index (χ3n) is 3.26. The smallest absolute Gasteiger partial charge is 0.158 e. The largest absolute Gasteiger partial charge is 0.377 e. The van der Waals surface area contributed by atoms with Gasteiger partial charge in [-0.1, -0.05) is 24.3 Å². The first-order chi connectivity index (χ1) is 10.2. The molecule has 0 unspecified atom stereocenters. The summed E-state index contributed by atoms with van der Waals surface area (Å²) in [5.41, 5.74) is 2.67. The van der Waals surface area contributed by atoms with Crippen LogP contribution in [0.3, 0.4) is 0 Å². The molecular formula is C16H22N4O. The second kappa shape index (κ2) is 7.59. The van der Waals surface area contributed by atoms with Gasteiger partial charge in [-0.3, -0.25) is 0 Å². The van der Waals surface area contributed by atoms with Crippen molar-refractivity contribution in [2.75, 3.05) is 31.3 Å². The van der Waals surface area contributed by atoms with E-state index in [1.165, 1.54) is 11.1 Å². The summed E-state index contributed by atoms with van der Waals surface area (Å²) in [5.74, 6) is 2.27. The Morgan fingerprint density at radius 2 is 1.90 bits per heavy atom. The highest BCUT2D eigenvalue weighted by Crippen LogP contribution is 2.12. The summed E-state index contributed by atoms with van der Waals surface area (Å²) in [7, 11) is 3.48. The highest BCUT2D eigenvalue weighted by molar-refractivity contribution is 5.47. The third-order valence-corrected chi connectivity index (χ3v) is 3.26. The molecule has 0 spiro atoms. The number of aryl methyl sites for hydroxylation is 1. The minimum absolute atomic E-state index is 0.405. The normalized spacial score (nSPS) is 10.4. The molecule has 0 aliphatic rings. The molecule has 2 rings (SSSR count). The van der Waals surface area contributed by atoms with Crippen molar-refractivity contribution in [2.24, 2.45) is 0 Å². The van der Waals surface area contributed by atoms with E-state index in [0.29, 0.717) is 12.4 Å². The van der Waals surface area contributed by atoms with Crippen molar-refractivity contribution in [3.05, 3.63) is 47.3 Å². The van der Waals surface area contributed by atoms with Crippen molar-refractivity contribution in [2.45, 2.75) is 20.0 Å². The molecular weight excluding hydrogens is 264 g/mol. The summed E-state index contributed by atoms with van der Waals surface area (Å²) in [5, 5.41) is 6.38. The summed E-state index contributed by atoms with van der Waals surface area (Å²) in [4.78, 5) is 8.77. The zero-order valence-corrected chi connectivity index (χ0v) is 12.8. The average molecular weight is 286 g/mol. The number of hydrogen-bond donors (Lipinski definition) is 2. The van der Waals surface area contributed by atoms with Gasteiger partial charge in [0.25, 0.3) is 0 Å². The lowest BCUT2D eigenvalue weighted by atomic mass is 10.1. The molecule has 1 heterocycles. The summed E-state index contributed by atoms with van der Waals surface area (Å²) in [6.45, 7) is 3.37. The van der Waals surface area contributed by atoms with Crippen LogP contribution in [-0.2, 0) is 17.8 Å². The van der Waals surface area contributed by atoms with Gasteiger partial charge < -0.3 is 15.4 Å². The number of rotatable bonds is 7. The highest BCUT2D eigenvalue weighted by Gasteiger charge is 2.04. The van der Waals surface area contributed by atoms with Crippen molar-refractivity contribution in [1.82, 2.24) is 9.97 Å². The van der Waals surface area contributed by atoms with E-state index < -0.39 is 0 Å². The second-order valence-corrected chi connectivity index (χ2v) is 4.84. The maximum atomic E-state index is 5.09. The van der Waals surface area contributed by atoms with Crippen LogP contribution in [0.1, 0.15) is 17.0 Å². The molecule has 2 N–H and O–H groups in total. The van der Waals surface area contributed by atoms with Crippen molar-refractivity contribution in [1.29, 1.82) is 0 Å². The van der Waals surface area contributed by atoms with E-state index in [9.17, 15) is 0 Å². The van der Waals surface area contributed by atoms with Gasteiger partial charge in [-0.05, 0) is 24.5 Å². The zero-order chi connectivity index (χ0) is 15.1. The molecule has 0 radical (unpaired) electrons. The molecule has 0 saturated heterocycles. The average Bonchev–Trinajstić information content (AvgIpc) is 2.49. The molecule has 5 nitrogen and oxygen atoms in total. The molecule has 1 aromatic heterocycles. The lowest BCUT2D eigenvalue weighted by Crippen LogP contribution is -2.10. The van der Waals surface area contributed by atoms with E-state index in [0.717, 1.165) is 24.6 Å². The molecule has 1 aromatic carbocycles. The molecule has 0 aliphatic heterocycles. The number of ether oxygens (including phenoxy) is 1. The summed E-state index contributed by atoms with van der Waals surface area (Å²) in [6.07, 6.45) is 0.963. The fraction of sp³-hybridized carbons (Fsp3) is 0.375. The number of aromatic nitrogens is 2. The van der Waals surface area contributed by atoms with Gasteiger partial charge in [0.1, 0.15) is 18.2 Å². The maximum Gasteiger partial charge on any atom is 0.158 e. The van der Waals surface area contributed by atoms with Gasteiger partial charge in [0, 0.05) is 26.8 Å². The molecule has 0 amide bonds. The predicted octanol–water partition coefficient (Wildman–Crippen LogP) is 2.63. The summed E-state index contributed by atoms with van der Waals surface area (Å²) >= 11 is 0. The minimum atomic E-state index is 0.405. The third kappa shape index (κ3) is 4.43. The van der Waals surface area contributed by atoms with Crippen LogP contribution in [0.25, 0.3) is 0 Å². The molecule has 0 bridgehead atoms. The number of anilines is 2. The Morgan fingerprint density at radius 3 is 2.62 bits per heavy atom. The summed E-state index contributed by atoms with van der Waals surface area (Å²) in [6, 6.07) is 10.3. The molecule has 0 aliphatic carbocycles. The van der Waals surface area contributed by atoms with E-state index in [2.05, 4.69) is 51.8 Å². The van der Waals surface area contributed by atoms with Gasteiger partial charge in [0.15, 0.2) is 5.82 Å². The Balaban J connectivity index is 1.99.